The van der Waals surface area contributed by atoms with Crippen molar-refractivity contribution in [2.75, 3.05) is 12.3 Å². The average Bonchev–Trinajstić information content (AvgIpc) is 2.48. The second-order valence-corrected chi connectivity index (χ2v) is 4.10. The maximum atomic E-state index is 9.61. The molecule has 0 aliphatic carbocycles. The molecule has 1 atom stereocenters. The lowest BCUT2D eigenvalue weighted by Crippen LogP contribution is -2.36. The fourth-order valence-corrected chi connectivity index (χ4v) is 1.61. The molecule has 74 valence electrons. The Kier molecular flexibility index (Phi) is 3.29. The molecule has 0 saturated heterocycles. The molecule has 0 fully saturated rings. The first-order valence-electron chi connectivity index (χ1n) is 3.94. The van der Waals surface area contributed by atoms with Gasteiger partial charge in [-0.3, -0.25) is 0 Å². The van der Waals surface area contributed by atoms with Crippen molar-refractivity contribution in [2.45, 2.75) is 17.7 Å². The minimum absolute atomic E-state index is 0.248. The smallest absolute Gasteiger partial charge is 0.185 e. The zero-order chi connectivity index (χ0) is 9.90. The van der Waals surface area contributed by atoms with Gasteiger partial charge < -0.3 is 10.8 Å². The van der Waals surface area contributed by atoms with E-state index in [-0.39, 0.29) is 6.54 Å². The quantitative estimate of drug-likeness (QED) is 0.651. The average molecular weight is 202 g/mol. The van der Waals surface area contributed by atoms with Crippen molar-refractivity contribution < 1.29 is 5.11 Å². The third kappa shape index (κ3) is 2.98. The Labute approximate surface area is 81.3 Å². The molecule has 0 aromatic carbocycles. The van der Waals surface area contributed by atoms with E-state index in [0.29, 0.717) is 5.75 Å². The highest BCUT2D eigenvalue weighted by Gasteiger charge is 2.19. The Bertz CT molecular complexity index is 273. The summed E-state index contributed by atoms with van der Waals surface area (Å²) in [4.78, 5) is 4.02. The summed E-state index contributed by atoms with van der Waals surface area (Å²) in [5, 5.41) is 14.3. The van der Waals surface area contributed by atoms with Gasteiger partial charge in [-0.1, -0.05) is 11.8 Å². The lowest BCUT2D eigenvalue weighted by molar-refractivity contribution is 0.0949. The molecule has 6 heteroatoms. The first-order chi connectivity index (χ1) is 6.05. The van der Waals surface area contributed by atoms with Crippen LogP contribution in [0.25, 0.3) is 0 Å². The second-order valence-electron chi connectivity index (χ2n) is 3.16. The van der Waals surface area contributed by atoms with Crippen molar-refractivity contribution in [1.82, 2.24) is 14.8 Å². The van der Waals surface area contributed by atoms with Gasteiger partial charge >= 0.3 is 0 Å². The number of rotatable bonds is 4. The summed E-state index contributed by atoms with van der Waals surface area (Å²) < 4.78 is 1.66. The van der Waals surface area contributed by atoms with E-state index in [1.165, 1.54) is 18.1 Å². The lowest BCUT2D eigenvalue weighted by atomic mass is 10.1. The molecule has 13 heavy (non-hydrogen) atoms. The standard InChI is InChI=1S/C7H14N4OS/c1-7(12,3-8)4-13-6-9-5-10-11(6)2/h5,12H,3-4,8H2,1-2H3. The molecule has 0 spiro atoms. The number of aromatic nitrogens is 3. The zero-order valence-corrected chi connectivity index (χ0v) is 8.58. The van der Waals surface area contributed by atoms with Gasteiger partial charge in [-0.25, -0.2) is 9.67 Å². The molecule has 0 amide bonds. The van der Waals surface area contributed by atoms with Gasteiger partial charge in [-0.05, 0) is 6.92 Å². The van der Waals surface area contributed by atoms with Crippen LogP contribution in [0.4, 0.5) is 0 Å². The summed E-state index contributed by atoms with van der Waals surface area (Å²) in [5.74, 6) is 0.524. The van der Waals surface area contributed by atoms with E-state index in [2.05, 4.69) is 10.1 Å². The Hall–Kier alpha value is -0.590. The summed E-state index contributed by atoms with van der Waals surface area (Å²) >= 11 is 1.44. The fraction of sp³-hybridized carbons (Fsp3) is 0.714. The minimum atomic E-state index is -0.837. The van der Waals surface area contributed by atoms with Crippen LogP contribution in [0, 0.1) is 0 Å². The Morgan fingerprint density at radius 1 is 1.77 bits per heavy atom. The molecule has 1 aromatic rings. The molecule has 1 rings (SSSR count). The number of thioether (sulfide) groups is 1. The van der Waals surface area contributed by atoms with Crippen LogP contribution < -0.4 is 5.73 Å². The number of aryl methyl sites for hydroxylation is 1. The number of hydrogen-bond donors (Lipinski definition) is 2. The molecule has 5 nitrogen and oxygen atoms in total. The van der Waals surface area contributed by atoms with Crippen molar-refractivity contribution in [3.05, 3.63) is 6.33 Å². The van der Waals surface area contributed by atoms with Gasteiger partial charge in [0, 0.05) is 19.3 Å². The first kappa shape index (κ1) is 10.5. The van der Waals surface area contributed by atoms with Crippen molar-refractivity contribution in [3.8, 4) is 0 Å². The summed E-state index contributed by atoms with van der Waals surface area (Å²) in [6.45, 7) is 1.95. The third-order valence-electron chi connectivity index (χ3n) is 1.62. The highest BCUT2D eigenvalue weighted by molar-refractivity contribution is 7.99. The van der Waals surface area contributed by atoms with E-state index in [1.54, 1.807) is 11.6 Å². The molecule has 0 aliphatic rings. The predicted octanol–water partition coefficient (Wildman–Crippen LogP) is -0.383. The van der Waals surface area contributed by atoms with Gasteiger partial charge in [0.1, 0.15) is 6.33 Å². The van der Waals surface area contributed by atoms with Gasteiger partial charge in [-0.15, -0.1) is 0 Å². The van der Waals surface area contributed by atoms with Crippen LogP contribution in [0.2, 0.25) is 0 Å². The normalized spacial score (nSPS) is 15.7. The van der Waals surface area contributed by atoms with E-state index in [9.17, 15) is 5.11 Å². The third-order valence-corrected chi connectivity index (χ3v) is 3.02. The highest BCUT2D eigenvalue weighted by Crippen LogP contribution is 2.18. The van der Waals surface area contributed by atoms with Crippen LogP contribution in [0.3, 0.4) is 0 Å². The SMILES string of the molecule is Cn1ncnc1SCC(C)(O)CN. The maximum Gasteiger partial charge on any atom is 0.185 e. The van der Waals surface area contributed by atoms with E-state index in [4.69, 9.17) is 5.73 Å². The summed E-state index contributed by atoms with van der Waals surface area (Å²) in [6.07, 6.45) is 1.49. The molecule has 3 N–H and O–H groups in total. The number of nitrogens with zero attached hydrogens (tertiary/aromatic N) is 3. The minimum Gasteiger partial charge on any atom is -0.388 e. The number of hydrogen-bond acceptors (Lipinski definition) is 5. The Morgan fingerprint density at radius 3 is 2.92 bits per heavy atom. The van der Waals surface area contributed by atoms with E-state index < -0.39 is 5.60 Å². The van der Waals surface area contributed by atoms with Crippen molar-refractivity contribution in [2.24, 2.45) is 12.8 Å². The van der Waals surface area contributed by atoms with Crippen molar-refractivity contribution in [1.29, 1.82) is 0 Å². The van der Waals surface area contributed by atoms with Gasteiger partial charge in [0.05, 0.1) is 5.60 Å². The van der Waals surface area contributed by atoms with Gasteiger partial charge in [0.15, 0.2) is 5.16 Å². The molecular weight excluding hydrogens is 188 g/mol. The number of nitrogens with two attached hydrogens (primary N) is 1. The van der Waals surface area contributed by atoms with Crippen LogP contribution in [0.1, 0.15) is 6.92 Å². The largest absolute Gasteiger partial charge is 0.388 e. The maximum absolute atomic E-state index is 9.61. The van der Waals surface area contributed by atoms with Gasteiger partial charge in [0.2, 0.25) is 0 Å². The predicted molar refractivity (Wildman–Crippen MR) is 51.4 cm³/mol. The topological polar surface area (TPSA) is 77.0 Å². The molecular formula is C7H14N4OS. The Balaban J connectivity index is 2.48. The van der Waals surface area contributed by atoms with E-state index in [0.717, 1.165) is 5.16 Å². The molecule has 1 heterocycles. The van der Waals surface area contributed by atoms with Gasteiger partial charge in [0.25, 0.3) is 0 Å². The molecule has 1 aromatic heterocycles. The van der Waals surface area contributed by atoms with Crippen LogP contribution in [0.15, 0.2) is 11.5 Å². The second kappa shape index (κ2) is 4.08. The highest BCUT2D eigenvalue weighted by atomic mass is 32.2. The fourth-order valence-electron chi connectivity index (χ4n) is 0.695. The van der Waals surface area contributed by atoms with Crippen LogP contribution in [-0.2, 0) is 7.05 Å². The van der Waals surface area contributed by atoms with Crippen LogP contribution >= 0.6 is 11.8 Å². The van der Waals surface area contributed by atoms with Gasteiger partial charge in [-0.2, -0.15) is 5.10 Å². The summed E-state index contributed by atoms with van der Waals surface area (Å²) in [7, 11) is 1.81. The van der Waals surface area contributed by atoms with Crippen molar-refractivity contribution in [3.63, 3.8) is 0 Å². The van der Waals surface area contributed by atoms with Crippen LogP contribution in [0.5, 0.6) is 0 Å². The molecule has 0 bridgehead atoms. The number of aliphatic hydroxyl groups is 1. The summed E-state index contributed by atoms with van der Waals surface area (Å²) in [6, 6.07) is 0. The monoisotopic (exact) mass is 202 g/mol. The van der Waals surface area contributed by atoms with E-state index >= 15 is 0 Å². The van der Waals surface area contributed by atoms with Crippen LogP contribution in [-0.4, -0.2) is 37.8 Å². The lowest BCUT2D eigenvalue weighted by Gasteiger charge is -2.19. The molecule has 0 saturated carbocycles. The Morgan fingerprint density at radius 2 is 2.46 bits per heavy atom. The first-order valence-corrected chi connectivity index (χ1v) is 4.93. The molecule has 0 radical (unpaired) electrons. The molecule has 1 unspecified atom stereocenters. The van der Waals surface area contributed by atoms with E-state index in [1.807, 2.05) is 7.05 Å². The zero-order valence-electron chi connectivity index (χ0n) is 7.77. The summed E-state index contributed by atoms with van der Waals surface area (Å²) in [5.41, 5.74) is 4.54. The van der Waals surface area contributed by atoms with Crippen molar-refractivity contribution >= 4 is 11.8 Å². The molecule has 0 aliphatic heterocycles.